The maximum Gasteiger partial charge on any atom is 0.326 e. The van der Waals surface area contributed by atoms with Crippen LogP contribution >= 0.6 is 0 Å². The largest absolute Gasteiger partial charge is 0.465 e. The van der Waals surface area contributed by atoms with Crippen molar-refractivity contribution in [3.8, 4) is 0 Å². The van der Waals surface area contributed by atoms with Crippen molar-refractivity contribution >= 4 is 5.97 Å². The summed E-state index contributed by atoms with van der Waals surface area (Å²) in [7, 11) is 1.79. The second-order valence-corrected chi connectivity index (χ2v) is 5.72. The van der Waals surface area contributed by atoms with Crippen LogP contribution in [0.2, 0.25) is 0 Å². The summed E-state index contributed by atoms with van der Waals surface area (Å²) < 4.78 is 11.1. The lowest BCUT2D eigenvalue weighted by molar-refractivity contribution is -0.151. The van der Waals surface area contributed by atoms with E-state index < -0.39 is 5.54 Å². The molecule has 3 atom stereocenters. The quantitative estimate of drug-likeness (QED) is 0.723. The summed E-state index contributed by atoms with van der Waals surface area (Å²) >= 11 is 0. The summed E-state index contributed by atoms with van der Waals surface area (Å²) in [5.41, 5.74) is -0.645. The Hall–Kier alpha value is -0.610. The molecule has 1 rings (SSSR count). The average Bonchev–Trinajstić information content (AvgIpc) is 2.41. The first-order valence-corrected chi connectivity index (χ1v) is 7.51. The van der Waals surface area contributed by atoms with E-state index in [9.17, 15) is 4.79 Å². The van der Waals surface area contributed by atoms with Crippen molar-refractivity contribution < 1.29 is 14.3 Å². The van der Waals surface area contributed by atoms with Crippen LogP contribution in [0, 0.1) is 5.92 Å². The number of carbonyl (C=O) groups is 1. The summed E-state index contributed by atoms with van der Waals surface area (Å²) in [5, 5.41) is 3.06. The van der Waals surface area contributed by atoms with Gasteiger partial charge >= 0.3 is 5.97 Å². The summed E-state index contributed by atoms with van der Waals surface area (Å²) in [4.78, 5) is 11.9. The zero-order valence-corrected chi connectivity index (χ0v) is 12.8. The van der Waals surface area contributed by atoms with Crippen LogP contribution in [-0.4, -0.2) is 37.9 Å². The highest BCUT2D eigenvalue weighted by atomic mass is 16.5. The maximum atomic E-state index is 11.9. The van der Waals surface area contributed by atoms with Crippen molar-refractivity contribution in [2.24, 2.45) is 5.92 Å². The molecule has 1 fully saturated rings. The molecule has 0 radical (unpaired) electrons. The van der Waals surface area contributed by atoms with Gasteiger partial charge in [-0.3, -0.25) is 4.79 Å². The Kier molecular flexibility index (Phi) is 6.80. The Balaban J connectivity index is 2.38. The Morgan fingerprint density at radius 3 is 2.63 bits per heavy atom. The molecule has 0 spiro atoms. The minimum atomic E-state index is -0.645. The number of nitrogens with one attached hydrogen (secondary N) is 1. The Morgan fingerprint density at radius 2 is 2.05 bits per heavy atom. The van der Waals surface area contributed by atoms with Crippen LogP contribution in [0.3, 0.4) is 0 Å². The number of esters is 1. The zero-order valence-electron chi connectivity index (χ0n) is 12.8. The van der Waals surface area contributed by atoms with Crippen molar-refractivity contribution in [1.82, 2.24) is 5.32 Å². The summed E-state index contributed by atoms with van der Waals surface area (Å²) in [6.45, 7) is 6.97. The van der Waals surface area contributed by atoms with Gasteiger partial charge in [-0.1, -0.05) is 19.8 Å². The molecule has 1 saturated carbocycles. The van der Waals surface area contributed by atoms with Crippen LogP contribution in [0.25, 0.3) is 0 Å². The van der Waals surface area contributed by atoms with Gasteiger partial charge in [-0.25, -0.2) is 0 Å². The summed E-state index contributed by atoms with van der Waals surface area (Å²) in [6, 6.07) is 0. The third kappa shape index (κ3) is 4.77. The van der Waals surface area contributed by atoms with Gasteiger partial charge in [-0.05, 0) is 46.1 Å². The predicted molar refractivity (Wildman–Crippen MR) is 76.1 cm³/mol. The van der Waals surface area contributed by atoms with Gasteiger partial charge in [0.1, 0.15) is 5.54 Å². The van der Waals surface area contributed by atoms with E-state index in [1.807, 2.05) is 13.8 Å². The van der Waals surface area contributed by atoms with Crippen LogP contribution in [-0.2, 0) is 14.3 Å². The normalized spacial score (nSPS) is 26.7. The predicted octanol–water partition coefficient (Wildman–Crippen LogP) is 2.51. The fourth-order valence-corrected chi connectivity index (χ4v) is 2.56. The van der Waals surface area contributed by atoms with Gasteiger partial charge in [0.05, 0.1) is 12.7 Å². The number of rotatable bonds is 7. The third-order valence-electron chi connectivity index (χ3n) is 4.24. The summed E-state index contributed by atoms with van der Waals surface area (Å²) in [6.07, 6.45) is 5.99. The molecule has 0 aromatic carbocycles. The van der Waals surface area contributed by atoms with E-state index in [0.717, 1.165) is 6.42 Å². The number of hydrogen-bond acceptors (Lipinski definition) is 4. The van der Waals surface area contributed by atoms with Gasteiger partial charge in [-0.15, -0.1) is 0 Å². The van der Waals surface area contributed by atoms with Crippen molar-refractivity contribution in [1.29, 1.82) is 0 Å². The van der Waals surface area contributed by atoms with Crippen LogP contribution < -0.4 is 5.32 Å². The lowest BCUT2D eigenvalue weighted by Gasteiger charge is -2.31. The van der Waals surface area contributed by atoms with Crippen molar-refractivity contribution in [2.75, 3.05) is 20.3 Å². The molecule has 3 unspecified atom stereocenters. The van der Waals surface area contributed by atoms with Gasteiger partial charge in [-0.2, -0.15) is 0 Å². The minimum absolute atomic E-state index is 0.196. The van der Waals surface area contributed by atoms with Crippen LogP contribution in [0.15, 0.2) is 0 Å². The smallest absolute Gasteiger partial charge is 0.326 e. The van der Waals surface area contributed by atoms with E-state index in [2.05, 4.69) is 12.2 Å². The Morgan fingerprint density at radius 1 is 1.37 bits per heavy atom. The lowest BCUT2D eigenvalue weighted by Crippen LogP contribution is -2.49. The fourth-order valence-electron chi connectivity index (χ4n) is 2.56. The third-order valence-corrected chi connectivity index (χ3v) is 4.24. The molecule has 0 aromatic heterocycles. The molecule has 0 aliphatic heterocycles. The maximum absolute atomic E-state index is 11.9. The number of likely N-dealkylation sites (N-methyl/N-ethyl adjacent to an activating group) is 1. The van der Waals surface area contributed by atoms with Gasteiger partial charge in [0.15, 0.2) is 0 Å². The van der Waals surface area contributed by atoms with E-state index in [-0.39, 0.29) is 5.97 Å². The van der Waals surface area contributed by atoms with E-state index in [1.165, 1.54) is 19.3 Å². The molecular formula is C15H29NO3. The Labute approximate surface area is 117 Å². The molecule has 0 heterocycles. The molecule has 0 amide bonds. The molecule has 112 valence electrons. The molecular weight excluding hydrogens is 242 g/mol. The molecule has 1 N–H and O–H groups in total. The number of hydrogen-bond donors (Lipinski definition) is 1. The number of carbonyl (C=O) groups excluding carboxylic acids is 1. The van der Waals surface area contributed by atoms with Crippen molar-refractivity contribution in [3.05, 3.63) is 0 Å². The van der Waals surface area contributed by atoms with Crippen molar-refractivity contribution in [3.63, 3.8) is 0 Å². The van der Waals surface area contributed by atoms with E-state index in [0.29, 0.717) is 31.7 Å². The van der Waals surface area contributed by atoms with E-state index >= 15 is 0 Å². The first kappa shape index (κ1) is 16.4. The lowest BCUT2D eigenvalue weighted by atomic mass is 9.88. The highest BCUT2D eigenvalue weighted by Gasteiger charge is 2.33. The van der Waals surface area contributed by atoms with Gasteiger partial charge in [0, 0.05) is 6.61 Å². The Bertz CT molecular complexity index is 283. The fraction of sp³-hybridized carbons (Fsp3) is 0.933. The van der Waals surface area contributed by atoms with Crippen molar-refractivity contribution in [2.45, 2.75) is 64.5 Å². The molecule has 1 aliphatic carbocycles. The standard InChI is InChI=1S/C15H29NO3/c1-5-18-14(17)15(3,16-4)10-11-19-13-9-7-6-8-12(13)2/h12-13,16H,5-11H2,1-4H3. The second-order valence-electron chi connectivity index (χ2n) is 5.72. The average molecular weight is 271 g/mol. The molecule has 0 aromatic rings. The van der Waals surface area contributed by atoms with Crippen LogP contribution in [0.5, 0.6) is 0 Å². The van der Waals surface area contributed by atoms with Gasteiger partial charge in [0.2, 0.25) is 0 Å². The minimum Gasteiger partial charge on any atom is -0.465 e. The SMILES string of the molecule is CCOC(=O)C(C)(CCOC1CCCCC1C)NC. The molecule has 1 aliphatic rings. The molecule has 0 bridgehead atoms. The molecule has 4 heteroatoms. The monoisotopic (exact) mass is 271 g/mol. The first-order valence-electron chi connectivity index (χ1n) is 7.51. The second kappa shape index (κ2) is 7.85. The highest BCUT2D eigenvalue weighted by Crippen LogP contribution is 2.26. The summed E-state index contributed by atoms with van der Waals surface area (Å²) in [5.74, 6) is 0.440. The number of ether oxygens (including phenoxy) is 2. The highest BCUT2D eigenvalue weighted by molar-refractivity contribution is 5.80. The van der Waals surface area contributed by atoms with Gasteiger partial charge in [0.25, 0.3) is 0 Å². The van der Waals surface area contributed by atoms with Crippen LogP contribution in [0.4, 0.5) is 0 Å². The first-order chi connectivity index (χ1) is 9.03. The zero-order chi connectivity index (χ0) is 14.3. The molecule has 4 nitrogen and oxygen atoms in total. The topological polar surface area (TPSA) is 47.6 Å². The van der Waals surface area contributed by atoms with Crippen LogP contribution in [0.1, 0.15) is 52.9 Å². The van der Waals surface area contributed by atoms with E-state index in [1.54, 1.807) is 7.05 Å². The van der Waals surface area contributed by atoms with Gasteiger partial charge < -0.3 is 14.8 Å². The van der Waals surface area contributed by atoms with E-state index in [4.69, 9.17) is 9.47 Å². The molecule has 0 saturated heterocycles. The molecule has 19 heavy (non-hydrogen) atoms.